The van der Waals surface area contributed by atoms with Crippen LogP contribution >= 0.6 is 7.05 Å². The summed E-state index contributed by atoms with van der Waals surface area (Å²) in [6, 6.07) is 3.89. The molecule has 0 aliphatic rings. The zero-order valence-electron chi connectivity index (χ0n) is 17.0. The Morgan fingerprint density at radius 2 is 0.857 bits per heavy atom. The molecule has 0 radical (unpaired) electrons. The molecule has 0 N–H and O–H groups in total. The van der Waals surface area contributed by atoms with Gasteiger partial charge in [0.2, 0.25) is 0 Å². The predicted molar refractivity (Wildman–Crippen MR) is 106 cm³/mol. The molecule has 0 saturated carbocycles. The molecule has 21 heavy (non-hydrogen) atoms. The highest BCUT2D eigenvalue weighted by atomic mass is 31.2. The van der Waals surface area contributed by atoms with E-state index in [0.717, 1.165) is 0 Å². The van der Waals surface area contributed by atoms with Crippen molar-refractivity contribution in [2.24, 2.45) is 4.41 Å². The summed E-state index contributed by atoms with van der Waals surface area (Å²) in [6.45, 7) is 29.1. The van der Waals surface area contributed by atoms with E-state index in [4.69, 9.17) is 4.41 Å². The average Bonchev–Trinajstić information content (AvgIpc) is 2.26. The Morgan fingerprint density at radius 3 is 1.00 bits per heavy atom. The Labute approximate surface area is 136 Å². The number of rotatable bonds is 4. The van der Waals surface area contributed by atoms with Gasteiger partial charge in [-0.3, -0.25) is 0 Å². The van der Waals surface area contributed by atoms with Gasteiger partial charge in [0.25, 0.3) is 0 Å². The van der Waals surface area contributed by atoms with E-state index in [-0.39, 0.29) is 15.5 Å². The van der Waals surface area contributed by atoms with E-state index in [1.165, 1.54) is 18.1 Å². The molecule has 0 bridgehead atoms. The van der Waals surface area contributed by atoms with Gasteiger partial charge in [-0.05, 0) is 40.7 Å². The topological polar surface area (TPSA) is 12.4 Å². The van der Waals surface area contributed by atoms with E-state index in [2.05, 4.69) is 83.1 Å². The highest BCUT2D eigenvalue weighted by Crippen LogP contribution is 2.77. The van der Waals surface area contributed by atoms with Crippen molar-refractivity contribution in [3.05, 3.63) is 0 Å². The second kappa shape index (κ2) is 6.52. The molecule has 1 nitrogen and oxygen atoms in total. The van der Waals surface area contributed by atoms with Crippen molar-refractivity contribution in [2.45, 2.75) is 117 Å². The molecule has 0 heterocycles. The van der Waals surface area contributed by atoms with Crippen LogP contribution in [0.1, 0.15) is 83.1 Å². The van der Waals surface area contributed by atoms with Crippen LogP contribution in [0.4, 0.5) is 0 Å². The molecule has 0 aromatic rings. The second-order valence-corrected chi connectivity index (χ2v) is 20.2. The molecular weight excluding hydrogens is 289 g/mol. The summed E-state index contributed by atoms with van der Waals surface area (Å²) in [5.74, 6) is 0. The molecule has 0 unspecified atom stereocenters. The van der Waals surface area contributed by atoms with Crippen LogP contribution in [0, 0.1) is 0 Å². The van der Waals surface area contributed by atoms with E-state index in [1.807, 2.05) is 0 Å². The van der Waals surface area contributed by atoms with Crippen LogP contribution in [-0.4, -0.2) is 23.7 Å². The predicted octanol–water partition coefficient (Wildman–Crippen LogP) is 7.59. The fraction of sp³-hybridized carbons (Fsp3) is 1.00. The summed E-state index contributed by atoms with van der Waals surface area (Å²) in [6.07, 6.45) is 0. The lowest BCUT2D eigenvalue weighted by Crippen LogP contribution is -2.42. The molecule has 0 aromatic heterocycles. The third kappa shape index (κ3) is 3.86. The Morgan fingerprint density at radius 1 is 0.619 bits per heavy atom. The van der Waals surface area contributed by atoms with E-state index in [0.29, 0.717) is 0 Å². The van der Waals surface area contributed by atoms with Crippen molar-refractivity contribution in [3.8, 4) is 0 Å². The van der Waals surface area contributed by atoms with Gasteiger partial charge in [0.1, 0.15) is 0 Å². The maximum Gasteiger partial charge on any atom is 0.178 e. The first-order chi connectivity index (χ1) is 9.14. The minimum absolute atomic E-state index is 0.265. The number of hydrogen-bond donors (Lipinski definition) is 0. The molecule has 0 aromatic carbocycles. The Hall–Kier alpha value is 0.447. The Bertz CT molecular complexity index is 336. The molecule has 128 valence electrons. The van der Waals surface area contributed by atoms with Gasteiger partial charge < -0.3 is 4.41 Å². The van der Waals surface area contributed by atoms with Crippen LogP contribution in [0.2, 0.25) is 18.1 Å². The van der Waals surface area contributed by atoms with Gasteiger partial charge >= 0.3 is 0 Å². The van der Waals surface area contributed by atoms with Crippen LogP contribution in [-0.2, 0) is 0 Å². The summed E-state index contributed by atoms with van der Waals surface area (Å²) < 4.78 is 5.96. The van der Waals surface area contributed by atoms with Crippen LogP contribution in [0.3, 0.4) is 0 Å². The Balaban J connectivity index is 6.86. The summed E-state index contributed by atoms with van der Waals surface area (Å²) in [5.41, 5.74) is 0. The van der Waals surface area contributed by atoms with Crippen LogP contribution in [0.25, 0.3) is 0 Å². The first-order valence-corrected chi connectivity index (χ1v) is 13.1. The number of nitrogens with zero attached hydrogens (tertiary/aromatic N) is 1. The zero-order chi connectivity index (χ0) is 17.3. The van der Waals surface area contributed by atoms with E-state index in [9.17, 15) is 0 Å². The van der Waals surface area contributed by atoms with E-state index in [1.54, 1.807) is 0 Å². The minimum Gasteiger partial charge on any atom is -0.336 e. The van der Waals surface area contributed by atoms with Crippen molar-refractivity contribution < 1.29 is 0 Å². The van der Waals surface area contributed by atoms with Gasteiger partial charge in [0.15, 0.2) is 8.24 Å². The highest BCUT2D eigenvalue weighted by Gasteiger charge is 2.52. The lowest BCUT2D eigenvalue weighted by molar-refractivity contribution is 0.630. The van der Waals surface area contributed by atoms with Gasteiger partial charge in [-0.25, -0.2) is 0 Å². The fourth-order valence-corrected chi connectivity index (χ4v) is 20.1. The van der Waals surface area contributed by atoms with Crippen LogP contribution in [0.15, 0.2) is 4.41 Å². The molecule has 0 saturated heterocycles. The van der Waals surface area contributed by atoms with Gasteiger partial charge in [-0.2, -0.15) is 0 Å². The maximum atomic E-state index is 5.96. The average molecular weight is 332 g/mol. The summed E-state index contributed by atoms with van der Waals surface area (Å²) in [7, 11) is -3.04. The first kappa shape index (κ1) is 21.4. The summed E-state index contributed by atoms with van der Waals surface area (Å²) in [4.78, 5) is 0. The maximum absolute atomic E-state index is 5.96. The van der Waals surface area contributed by atoms with Gasteiger partial charge in [0, 0.05) is 0 Å². The van der Waals surface area contributed by atoms with E-state index >= 15 is 0 Å². The van der Waals surface area contributed by atoms with Crippen LogP contribution < -0.4 is 0 Å². The van der Waals surface area contributed by atoms with Crippen LogP contribution in [0.5, 0.6) is 0 Å². The Kier molecular flexibility index (Phi) is 6.66. The van der Waals surface area contributed by atoms with E-state index < -0.39 is 15.3 Å². The quantitative estimate of drug-likeness (QED) is 0.371. The molecule has 0 aliphatic carbocycles. The molecular formula is C18H42NPSi. The molecule has 0 amide bonds. The van der Waals surface area contributed by atoms with Crippen molar-refractivity contribution in [1.82, 2.24) is 0 Å². The highest BCUT2D eigenvalue weighted by molar-refractivity contribution is 7.71. The minimum atomic E-state index is -1.53. The molecule has 0 fully saturated rings. The van der Waals surface area contributed by atoms with Gasteiger partial charge in [-0.1, -0.05) is 83.1 Å². The standard InChI is InChI=1S/C18H42NPSi/c1-13-21(14-2,15-3)19-20(16(4,5)6,17(7,8)9)18(10,11)12/h13-15H2,1-12H3. The lowest BCUT2D eigenvalue weighted by Gasteiger charge is -2.56. The molecule has 0 aliphatic heterocycles. The molecule has 0 atom stereocenters. The first-order valence-electron chi connectivity index (χ1n) is 8.78. The fourth-order valence-electron chi connectivity index (χ4n) is 4.75. The summed E-state index contributed by atoms with van der Waals surface area (Å²) in [5, 5.41) is 0.795. The van der Waals surface area contributed by atoms with Gasteiger partial charge in [-0.15, -0.1) is 0 Å². The normalized spacial score (nSPS) is 15.2. The molecule has 3 heteroatoms. The molecule has 0 spiro atoms. The van der Waals surface area contributed by atoms with Crippen molar-refractivity contribution in [3.63, 3.8) is 0 Å². The zero-order valence-corrected chi connectivity index (χ0v) is 18.9. The second-order valence-electron chi connectivity index (χ2n) is 9.53. The lowest BCUT2D eigenvalue weighted by atomic mass is 10.2. The number of hydrogen-bond acceptors (Lipinski definition) is 1. The van der Waals surface area contributed by atoms with Gasteiger partial charge in [0.05, 0.1) is 0 Å². The summed E-state index contributed by atoms with van der Waals surface area (Å²) >= 11 is 0. The SMILES string of the molecule is CC[Si](CC)(CC)N=P(C(C)(C)C)(C(C)(C)C)C(C)(C)C. The monoisotopic (exact) mass is 331 g/mol. The van der Waals surface area contributed by atoms with Crippen molar-refractivity contribution >= 4 is 15.3 Å². The van der Waals surface area contributed by atoms with Crippen molar-refractivity contribution in [1.29, 1.82) is 0 Å². The smallest absolute Gasteiger partial charge is 0.178 e. The third-order valence-corrected chi connectivity index (χ3v) is 17.9. The largest absolute Gasteiger partial charge is 0.336 e. The third-order valence-electron chi connectivity index (χ3n) is 5.25. The van der Waals surface area contributed by atoms with Crippen molar-refractivity contribution in [2.75, 3.05) is 0 Å². The molecule has 0 rings (SSSR count).